The average Bonchev–Trinajstić information content (AvgIpc) is 3.09. The van der Waals surface area contributed by atoms with Crippen molar-refractivity contribution < 1.29 is 4.74 Å². The average molecular weight is 230 g/mol. The molecule has 1 heteroatoms. The van der Waals surface area contributed by atoms with Gasteiger partial charge in [0.05, 0.1) is 0 Å². The van der Waals surface area contributed by atoms with Gasteiger partial charge in [-0.15, -0.1) is 0 Å². The zero-order valence-electron chi connectivity index (χ0n) is 11.1. The fourth-order valence-corrected chi connectivity index (χ4v) is 3.19. The topological polar surface area (TPSA) is 9.23 Å². The Morgan fingerprint density at radius 1 is 1.18 bits per heavy atom. The van der Waals surface area contributed by atoms with Crippen molar-refractivity contribution in [2.75, 3.05) is 0 Å². The van der Waals surface area contributed by atoms with Crippen molar-refractivity contribution in [3.8, 4) is 5.75 Å². The van der Waals surface area contributed by atoms with Gasteiger partial charge in [0.25, 0.3) is 0 Å². The Hall–Kier alpha value is -0.980. The van der Waals surface area contributed by atoms with E-state index in [9.17, 15) is 0 Å². The van der Waals surface area contributed by atoms with Gasteiger partial charge in [0.1, 0.15) is 11.4 Å². The molecular weight excluding hydrogens is 208 g/mol. The monoisotopic (exact) mass is 230 g/mol. The maximum absolute atomic E-state index is 6.16. The van der Waals surface area contributed by atoms with E-state index in [-0.39, 0.29) is 5.60 Å². The standard InChI is InChI=1S/C16H22O/c1-4-5-11-6-8-12(9-7-11)17-16(2,3)15-13-10-14(13)15/h6-9,13-15H,4-5,10H2,1-3H3. The normalized spacial score (nSPS) is 29.7. The van der Waals surface area contributed by atoms with Crippen LogP contribution in [0.2, 0.25) is 0 Å². The van der Waals surface area contributed by atoms with Crippen molar-refractivity contribution in [1.29, 1.82) is 0 Å². The van der Waals surface area contributed by atoms with Crippen LogP contribution >= 0.6 is 0 Å². The van der Waals surface area contributed by atoms with E-state index < -0.39 is 0 Å². The third-order valence-electron chi connectivity index (χ3n) is 4.32. The summed E-state index contributed by atoms with van der Waals surface area (Å²) in [6, 6.07) is 8.65. The molecule has 1 aromatic rings. The summed E-state index contributed by atoms with van der Waals surface area (Å²) in [5.74, 6) is 3.83. The lowest BCUT2D eigenvalue weighted by atomic mass is 9.95. The largest absolute Gasteiger partial charge is 0.488 e. The second kappa shape index (κ2) is 3.76. The van der Waals surface area contributed by atoms with Crippen LogP contribution in [0.25, 0.3) is 0 Å². The minimum atomic E-state index is 0.0276. The number of hydrogen-bond donors (Lipinski definition) is 0. The Kier molecular flexibility index (Phi) is 2.46. The fourth-order valence-electron chi connectivity index (χ4n) is 3.19. The Labute approximate surface area is 104 Å². The molecule has 17 heavy (non-hydrogen) atoms. The van der Waals surface area contributed by atoms with E-state index in [0.29, 0.717) is 0 Å². The third-order valence-corrected chi connectivity index (χ3v) is 4.32. The molecule has 0 amide bonds. The Morgan fingerprint density at radius 3 is 2.29 bits per heavy atom. The number of benzene rings is 1. The summed E-state index contributed by atoms with van der Waals surface area (Å²) in [6.45, 7) is 6.69. The first kappa shape index (κ1) is 11.1. The van der Waals surface area contributed by atoms with Crippen LogP contribution in [-0.4, -0.2) is 5.60 Å². The van der Waals surface area contributed by atoms with Crippen molar-refractivity contribution in [2.24, 2.45) is 17.8 Å². The summed E-state index contributed by atoms with van der Waals surface area (Å²) in [6.07, 6.45) is 3.82. The van der Waals surface area contributed by atoms with Crippen molar-refractivity contribution in [2.45, 2.75) is 45.6 Å². The number of ether oxygens (including phenoxy) is 1. The van der Waals surface area contributed by atoms with Gasteiger partial charge >= 0.3 is 0 Å². The number of fused-ring (bicyclic) bond motifs is 1. The lowest BCUT2D eigenvalue weighted by Crippen LogP contribution is -2.34. The zero-order chi connectivity index (χ0) is 12.0. The van der Waals surface area contributed by atoms with E-state index in [0.717, 1.165) is 29.9 Å². The van der Waals surface area contributed by atoms with Gasteiger partial charge in [-0.2, -0.15) is 0 Å². The van der Waals surface area contributed by atoms with E-state index in [2.05, 4.69) is 45.0 Å². The Bertz CT molecular complexity index is 396. The minimum absolute atomic E-state index is 0.0276. The van der Waals surface area contributed by atoms with Gasteiger partial charge in [0.2, 0.25) is 0 Å². The van der Waals surface area contributed by atoms with Crippen molar-refractivity contribution in [1.82, 2.24) is 0 Å². The molecule has 1 nitrogen and oxygen atoms in total. The molecular formula is C16H22O. The molecule has 0 radical (unpaired) electrons. The van der Waals surface area contributed by atoms with Crippen LogP contribution in [-0.2, 0) is 6.42 Å². The molecule has 2 atom stereocenters. The van der Waals surface area contributed by atoms with Crippen molar-refractivity contribution in [3.05, 3.63) is 29.8 Å². The predicted molar refractivity (Wildman–Crippen MR) is 70.2 cm³/mol. The molecule has 2 fully saturated rings. The zero-order valence-corrected chi connectivity index (χ0v) is 11.1. The van der Waals surface area contributed by atoms with Gasteiger partial charge < -0.3 is 4.74 Å². The van der Waals surface area contributed by atoms with Gasteiger partial charge in [-0.05, 0) is 56.2 Å². The number of aryl methyl sites for hydroxylation is 1. The van der Waals surface area contributed by atoms with Crippen LogP contribution in [0.1, 0.15) is 39.2 Å². The van der Waals surface area contributed by atoms with E-state index in [1.54, 1.807) is 0 Å². The van der Waals surface area contributed by atoms with E-state index in [4.69, 9.17) is 4.74 Å². The second-order valence-corrected chi connectivity index (χ2v) is 6.19. The molecule has 2 aliphatic rings. The van der Waals surface area contributed by atoms with Crippen LogP contribution < -0.4 is 4.74 Å². The summed E-state index contributed by atoms with van der Waals surface area (Å²) < 4.78 is 6.16. The van der Waals surface area contributed by atoms with E-state index in [1.165, 1.54) is 18.4 Å². The maximum atomic E-state index is 6.16. The van der Waals surface area contributed by atoms with Gasteiger partial charge in [0.15, 0.2) is 0 Å². The van der Waals surface area contributed by atoms with Crippen molar-refractivity contribution in [3.63, 3.8) is 0 Å². The minimum Gasteiger partial charge on any atom is -0.488 e. The molecule has 92 valence electrons. The molecule has 2 saturated carbocycles. The van der Waals surface area contributed by atoms with Crippen LogP contribution in [0.4, 0.5) is 0 Å². The van der Waals surface area contributed by atoms with E-state index >= 15 is 0 Å². The quantitative estimate of drug-likeness (QED) is 0.741. The summed E-state index contributed by atoms with van der Waals surface area (Å²) in [4.78, 5) is 0. The summed E-state index contributed by atoms with van der Waals surface area (Å²) >= 11 is 0. The molecule has 0 bridgehead atoms. The highest BCUT2D eigenvalue weighted by molar-refractivity contribution is 5.29. The van der Waals surface area contributed by atoms with Crippen LogP contribution in [0.15, 0.2) is 24.3 Å². The lowest BCUT2D eigenvalue weighted by molar-refractivity contribution is 0.0642. The summed E-state index contributed by atoms with van der Waals surface area (Å²) in [5, 5.41) is 0. The molecule has 2 unspecified atom stereocenters. The second-order valence-electron chi connectivity index (χ2n) is 6.19. The Morgan fingerprint density at radius 2 is 1.82 bits per heavy atom. The summed E-state index contributed by atoms with van der Waals surface area (Å²) in [5.41, 5.74) is 1.44. The van der Waals surface area contributed by atoms with Gasteiger partial charge in [-0.25, -0.2) is 0 Å². The molecule has 0 aromatic heterocycles. The SMILES string of the molecule is CCCc1ccc(OC(C)(C)C2C3CC32)cc1. The molecule has 2 aliphatic carbocycles. The molecule has 1 aromatic carbocycles. The first-order valence-corrected chi connectivity index (χ1v) is 6.90. The molecule has 0 heterocycles. The molecule has 0 aliphatic heterocycles. The lowest BCUT2D eigenvalue weighted by Gasteiger charge is -2.29. The van der Waals surface area contributed by atoms with E-state index in [1.807, 2.05) is 0 Å². The summed E-state index contributed by atoms with van der Waals surface area (Å²) in [7, 11) is 0. The molecule has 0 saturated heterocycles. The first-order valence-electron chi connectivity index (χ1n) is 6.90. The number of rotatable bonds is 5. The predicted octanol–water partition coefficient (Wildman–Crippen LogP) is 4.06. The fraction of sp³-hybridized carbons (Fsp3) is 0.625. The number of hydrogen-bond acceptors (Lipinski definition) is 1. The van der Waals surface area contributed by atoms with Crippen LogP contribution in [0.3, 0.4) is 0 Å². The molecule has 0 N–H and O–H groups in total. The third kappa shape index (κ3) is 2.08. The molecule has 0 spiro atoms. The first-order chi connectivity index (χ1) is 8.12. The van der Waals surface area contributed by atoms with Crippen LogP contribution in [0.5, 0.6) is 5.75 Å². The Balaban J connectivity index is 1.63. The van der Waals surface area contributed by atoms with Gasteiger partial charge in [-0.1, -0.05) is 25.5 Å². The highest BCUT2D eigenvalue weighted by Gasteiger charge is 2.70. The van der Waals surface area contributed by atoms with Gasteiger partial charge in [-0.3, -0.25) is 0 Å². The highest BCUT2D eigenvalue weighted by Crippen LogP contribution is 2.72. The van der Waals surface area contributed by atoms with Crippen molar-refractivity contribution >= 4 is 0 Å². The smallest absolute Gasteiger partial charge is 0.120 e. The maximum Gasteiger partial charge on any atom is 0.120 e. The highest BCUT2D eigenvalue weighted by atomic mass is 16.5. The van der Waals surface area contributed by atoms with Gasteiger partial charge in [0, 0.05) is 5.92 Å². The van der Waals surface area contributed by atoms with Crippen LogP contribution in [0, 0.1) is 17.8 Å². The molecule has 3 rings (SSSR count).